The van der Waals surface area contributed by atoms with Crippen molar-refractivity contribution >= 4 is 23.5 Å². The van der Waals surface area contributed by atoms with Crippen molar-refractivity contribution in [3.8, 4) is 5.75 Å². The van der Waals surface area contributed by atoms with E-state index in [1.807, 2.05) is 38.1 Å². The Morgan fingerprint density at radius 2 is 1.90 bits per heavy atom. The zero-order valence-electron chi connectivity index (χ0n) is 18.4. The van der Waals surface area contributed by atoms with E-state index < -0.39 is 11.6 Å². The first-order valence-corrected chi connectivity index (χ1v) is 11.3. The highest BCUT2D eigenvalue weighted by Crippen LogP contribution is 2.38. The number of hydrogen-bond acceptors (Lipinski definition) is 5. The number of para-hydroxylation sites is 2. The Balaban J connectivity index is 1.37. The molecule has 1 N–H and O–H groups in total. The Labute approximate surface area is 183 Å². The number of urea groups is 1. The number of benzene rings is 1. The Kier molecular flexibility index (Phi) is 6.07. The topological polar surface area (TPSA) is 82.2 Å². The number of hydrogen-bond donors (Lipinski definition) is 1. The van der Waals surface area contributed by atoms with Crippen molar-refractivity contribution in [1.82, 2.24) is 15.1 Å². The second-order valence-electron chi connectivity index (χ2n) is 8.71. The predicted octanol–water partition coefficient (Wildman–Crippen LogP) is 2.23. The van der Waals surface area contributed by atoms with E-state index in [9.17, 15) is 14.4 Å². The van der Waals surface area contributed by atoms with Gasteiger partial charge in [-0.3, -0.25) is 14.5 Å². The zero-order chi connectivity index (χ0) is 22.0. The van der Waals surface area contributed by atoms with E-state index in [1.54, 1.807) is 4.90 Å². The summed E-state index contributed by atoms with van der Waals surface area (Å²) in [5.41, 5.74) is 0.205. The molecule has 1 saturated carbocycles. The minimum absolute atomic E-state index is 0.0896. The summed E-state index contributed by atoms with van der Waals surface area (Å²) in [6.45, 7) is 6.84. The standard InChI is InChI=1S/C23H32N4O4/c1-3-31-19-10-5-4-9-18(19)25-12-14-26(15-13-25)20(28)16-27-21(29)23(24-22(27)30)11-7-6-8-17(23)2/h4-5,9-10,17H,3,6-8,11-16H2,1-2H3,(H,24,30)/t17-,23-/m1/s1. The zero-order valence-corrected chi connectivity index (χ0v) is 18.4. The molecule has 2 aliphatic heterocycles. The SMILES string of the molecule is CCOc1ccccc1N1CCN(C(=O)CN2C(=O)N[C@@]3(CCCC[C@H]3C)C2=O)CC1. The van der Waals surface area contributed by atoms with Crippen LogP contribution in [0.15, 0.2) is 24.3 Å². The van der Waals surface area contributed by atoms with Crippen molar-refractivity contribution < 1.29 is 19.1 Å². The molecule has 2 saturated heterocycles. The lowest BCUT2D eigenvalue weighted by atomic mass is 9.73. The van der Waals surface area contributed by atoms with E-state index in [0.717, 1.165) is 35.6 Å². The molecule has 0 radical (unpaired) electrons. The molecule has 168 valence electrons. The monoisotopic (exact) mass is 428 g/mol. The summed E-state index contributed by atoms with van der Waals surface area (Å²) < 4.78 is 5.73. The lowest BCUT2D eigenvalue weighted by Crippen LogP contribution is -2.55. The summed E-state index contributed by atoms with van der Waals surface area (Å²) in [4.78, 5) is 43.7. The summed E-state index contributed by atoms with van der Waals surface area (Å²) in [6.07, 6.45) is 3.56. The number of piperazine rings is 1. The van der Waals surface area contributed by atoms with Crippen molar-refractivity contribution in [3.05, 3.63) is 24.3 Å². The Morgan fingerprint density at radius 3 is 2.61 bits per heavy atom. The van der Waals surface area contributed by atoms with Gasteiger partial charge in [0.15, 0.2) is 0 Å². The van der Waals surface area contributed by atoms with Crippen LogP contribution in [0.4, 0.5) is 10.5 Å². The number of imide groups is 1. The molecule has 4 amide bonds. The van der Waals surface area contributed by atoms with Crippen molar-refractivity contribution in [2.24, 2.45) is 5.92 Å². The predicted molar refractivity (Wildman–Crippen MR) is 117 cm³/mol. The van der Waals surface area contributed by atoms with Crippen molar-refractivity contribution in [2.75, 3.05) is 44.2 Å². The van der Waals surface area contributed by atoms with Gasteiger partial charge in [-0.1, -0.05) is 31.9 Å². The Hall–Kier alpha value is -2.77. The minimum atomic E-state index is -0.822. The van der Waals surface area contributed by atoms with Crippen molar-refractivity contribution in [1.29, 1.82) is 0 Å². The number of rotatable bonds is 5. The summed E-state index contributed by atoms with van der Waals surface area (Å²) in [6, 6.07) is 7.48. The maximum absolute atomic E-state index is 13.1. The van der Waals surface area contributed by atoms with Gasteiger partial charge < -0.3 is 19.9 Å². The first-order valence-electron chi connectivity index (χ1n) is 11.3. The van der Waals surface area contributed by atoms with E-state index in [4.69, 9.17) is 4.74 Å². The molecule has 1 spiro atoms. The summed E-state index contributed by atoms with van der Waals surface area (Å²) in [5.74, 6) is 0.520. The molecule has 8 heteroatoms. The molecule has 0 aromatic heterocycles. The fourth-order valence-electron chi connectivity index (χ4n) is 5.07. The molecule has 3 aliphatic rings. The third-order valence-corrected chi connectivity index (χ3v) is 6.93. The lowest BCUT2D eigenvalue weighted by Gasteiger charge is -2.38. The molecule has 0 unspecified atom stereocenters. The fourth-order valence-corrected chi connectivity index (χ4v) is 5.07. The van der Waals surface area contributed by atoms with Crippen LogP contribution in [-0.2, 0) is 9.59 Å². The average molecular weight is 429 g/mol. The first kappa shape index (κ1) is 21.5. The smallest absolute Gasteiger partial charge is 0.325 e. The van der Waals surface area contributed by atoms with Gasteiger partial charge in [0, 0.05) is 26.2 Å². The van der Waals surface area contributed by atoms with Gasteiger partial charge in [-0.05, 0) is 37.8 Å². The fraction of sp³-hybridized carbons (Fsp3) is 0.609. The number of nitrogens with zero attached hydrogens (tertiary/aromatic N) is 3. The number of carbonyl (C=O) groups is 3. The molecule has 8 nitrogen and oxygen atoms in total. The average Bonchev–Trinajstić information content (AvgIpc) is 3.01. The number of nitrogens with one attached hydrogen (secondary N) is 1. The van der Waals surface area contributed by atoms with Gasteiger partial charge in [0.25, 0.3) is 5.91 Å². The molecule has 31 heavy (non-hydrogen) atoms. The molecule has 2 atom stereocenters. The van der Waals surface area contributed by atoms with Crippen LogP contribution < -0.4 is 15.0 Å². The minimum Gasteiger partial charge on any atom is -0.492 e. The molecular formula is C23H32N4O4. The highest BCUT2D eigenvalue weighted by Gasteiger charge is 2.55. The van der Waals surface area contributed by atoms with Gasteiger partial charge in [0.05, 0.1) is 12.3 Å². The second kappa shape index (κ2) is 8.77. The molecule has 3 fully saturated rings. The maximum atomic E-state index is 13.1. The van der Waals surface area contributed by atoms with Crippen LogP contribution >= 0.6 is 0 Å². The summed E-state index contributed by atoms with van der Waals surface area (Å²) >= 11 is 0. The van der Waals surface area contributed by atoms with Gasteiger partial charge in [-0.2, -0.15) is 0 Å². The third-order valence-electron chi connectivity index (χ3n) is 6.93. The van der Waals surface area contributed by atoms with Crippen LogP contribution in [0, 0.1) is 5.92 Å². The van der Waals surface area contributed by atoms with E-state index in [-0.39, 0.29) is 24.3 Å². The number of amides is 4. The first-order chi connectivity index (χ1) is 15.0. The van der Waals surface area contributed by atoms with Crippen molar-refractivity contribution in [2.45, 2.75) is 45.1 Å². The maximum Gasteiger partial charge on any atom is 0.325 e. The van der Waals surface area contributed by atoms with E-state index in [2.05, 4.69) is 10.2 Å². The number of carbonyl (C=O) groups excluding carboxylic acids is 3. The molecule has 0 bridgehead atoms. The summed E-state index contributed by atoms with van der Waals surface area (Å²) in [5, 5.41) is 2.92. The Morgan fingerprint density at radius 1 is 1.16 bits per heavy atom. The second-order valence-corrected chi connectivity index (χ2v) is 8.71. The van der Waals surface area contributed by atoms with E-state index >= 15 is 0 Å². The normalized spacial score (nSPS) is 26.4. The molecule has 2 heterocycles. The highest BCUT2D eigenvalue weighted by molar-refractivity contribution is 6.09. The van der Waals surface area contributed by atoms with Gasteiger partial charge in [0.1, 0.15) is 17.8 Å². The Bertz CT molecular complexity index is 852. The van der Waals surface area contributed by atoms with Gasteiger partial charge >= 0.3 is 6.03 Å². The molecular weight excluding hydrogens is 396 g/mol. The van der Waals surface area contributed by atoms with Crippen molar-refractivity contribution in [3.63, 3.8) is 0 Å². The third kappa shape index (κ3) is 3.95. The van der Waals surface area contributed by atoms with Crippen LogP contribution in [-0.4, -0.2) is 72.5 Å². The van der Waals surface area contributed by atoms with Crippen LogP contribution in [0.1, 0.15) is 39.5 Å². The van der Waals surface area contributed by atoms with Crippen LogP contribution in [0.2, 0.25) is 0 Å². The van der Waals surface area contributed by atoms with E-state index in [1.165, 1.54) is 0 Å². The molecule has 1 aromatic carbocycles. The van der Waals surface area contributed by atoms with Gasteiger partial charge in [-0.15, -0.1) is 0 Å². The number of ether oxygens (including phenoxy) is 1. The lowest BCUT2D eigenvalue weighted by molar-refractivity contribution is -0.140. The van der Waals surface area contributed by atoms with Gasteiger partial charge in [-0.25, -0.2) is 4.79 Å². The molecule has 1 aromatic rings. The van der Waals surface area contributed by atoms with Crippen LogP contribution in [0.5, 0.6) is 5.75 Å². The molecule has 1 aliphatic carbocycles. The quantitative estimate of drug-likeness (QED) is 0.728. The largest absolute Gasteiger partial charge is 0.492 e. The molecule has 4 rings (SSSR count). The van der Waals surface area contributed by atoms with Gasteiger partial charge in [0.2, 0.25) is 5.91 Å². The van der Waals surface area contributed by atoms with Crippen LogP contribution in [0.25, 0.3) is 0 Å². The highest BCUT2D eigenvalue weighted by atomic mass is 16.5. The van der Waals surface area contributed by atoms with E-state index in [0.29, 0.717) is 39.2 Å². The summed E-state index contributed by atoms with van der Waals surface area (Å²) in [7, 11) is 0. The number of anilines is 1. The van der Waals surface area contributed by atoms with Crippen LogP contribution in [0.3, 0.4) is 0 Å².